The third kappa shape index (κ3) is 1.32. The van der Waals surface area contributed by atoms with Crippen molar-refractivity contribution in [1.29, 1.82) is 0 Å². The highest BCUT2D eigenvalue weighted by molar-refractivity contribution is 6.06. The van der Waals surface area contributed by atoms with Crippen LogP contribution in [0.1, 0.15) is 10.4 Å². The lowest BCUT2D eigenvalue weighted by molar-refractivity contribution is 0.0598. The number of nitrogen functional groups attached to an aromatic ring is 1. The predicted octanol–water partition coefficient (Wildman–Crippen LogP) is 1.94. The van der Waals surface area contributed by atoms with Crippen LogP contribution in [0.15, 0.2) is 22.8 Å². The monoisotopic (exact) mass is 209 g/mol. The first-order valence-electron chi connectivity index (χ1n) is 4.18. The number of ether oxygens (including phenoxy) is 1. The van der Waals surface area contributed by atoms with Gasteiger partial charge in [0.05, 0.1) is 19.1 Å². The van der Waals surface area contributed by atoms with Crippen molar-refractivity contribution in [3.05, 3.63) is 29.8 Å². The van der Waals surface area contributed by atoms with Gasteiger partial charge in [-0.1, -0.05) is 0 Å². The molecule has 0 atom stereocenters. The van der Waals surface area contributed by atoms with E-state index in [-0.39, 0.29) is 16.8 Å². The summed E-state index contributed by atoms with van der Waals surface area (Å²) in [7, 11) is 1.18. The molecule has 15 heavy (non-hydrogen) atoms. The minimum Gasteiger partial charge on any atom is -0.465 e. The second kappa shape index (κ2) is 3.27. The number of halogens is 1. The molecule has 0 radical (unpaired) electrons. The largest absolute Gasteiger partial charge is 0.465 e. The van der Waals surface area contributed by atoms with Gasteiger partial charge in [0.1, 0.15) is 11.4 Å². The van der Waals surface area contributed by atoms with Crippen molar-refractivity contribution < 1.29 is 18.3 Å². The van der Waals surface area contributed by atoms with Crippen molar-refractivity contribution in [2.75, 3.05) is 12.8 Å². The molecule has 0 bridgehead atoms. The number of furan rings is 1. The minimum atomic E-state index is -0.751. The summed E-state index contributed by atoms with van der Waals surface area (Å²) in [6.45, 7) is 0. The average Bonchev–Trinajstić information content (AvgIpc) is 2.66. The van der Waals surface area contributed by atoms with Gasteiger partial charge in [-0.15, -0.1) is 0 Å². The van der Waals surface area contributed by atoms with Crippen molar-refractivity contribution in [2.24, 2.45) is 0 Å². The standard InChI is InChI=1S/C10H8FNO3/c1-14-10(13)8-5-2-3-15-9(5)7(12)4-6(8)11/h2-4H,12H2,1H3. The molecular formula is C10H8FNO3. The van der Waals surface area contributed by atoms with Crippen LogP contribution in [0.4, 0.5) is 10.1 Å². The maximum Gasteiger partial charge on any atom is 0.341 e. The fourth-order valence-electron chi connectivity index (χ4n) is 1.44. The Hall–Kier alpha value is -2.04. The van der Waals surface area contributed by atoms with E-state index < -0.39 is 11.8 Å². The molecule has 0 spiro atoms. The van der Waals surface area contributed by atoms with Gasteiger partial charge in [0, 0.05) is 11.5 Å². The van der Waals surface area contributed by atoms with Crippen LogP contribution in [0, 0.1) is 5.82 Å². The van der Waals surface area contributed by atoms with E-state index in [1.54, 1.807) is 0 Å². The first-order chi connectivity index (χ1) is 7.15. The van der Waals surface area contributed by atoms with E-state index in [0.717, 1.165) is 6.07 Å². The zero-order valence-corrected chi connectivity index (χ0v) is 7.91. The number of esters is 1. The molecule has 0 unspecified atom stereocenters. The molecule has 4 nitrogen and oxygen atoms in total. The maximum absolute atomic E-state index is 13.5. The van der Waals surface area contributed by atoms with Crippen molar-refractivity contribution in [3.63, 3.8) is 0 Å². The van der Waals surface area contributed by atoms with Gasteiger partial charge in [-0.2, -0.15) is 0 Å². The molecule has 1 aromatic carbocycles. The highest BCUT2D eigenvalue weighted by Crippen LogP contribution is 2.28. The highest BCUT2D eigenvalue weighted by Gasteiger charge is 2.19. The van der Waals surface area contributed by atoms with Gasteiger partial charge >= 0.3 is 5.97 Å². The first-order valence-corrected chi connectivity index (χ1v) is 4.18. The van der Waals surface area contributed by atoms with Crippen molar-refractivity contribution >= 4 is 22.6 Å². The van der Waals surface area contributed by atoms with E-state index in [1.807, 2.05) is 0 Å². The third-order valence-corrected chi connectivity index (χ3v) is 2.11. The highest BCUT2D eigenvalue weighted by atomic mass is 19.1. The van der Waals surface area contributed by atoms with Crippen LogP contribution in [-0.2, 0) is 4.74 Å². The molecule has 0 aliphatic heterocycles. The van der Waals surface area contributed by atoms with Crippen molar-refractivity contribution in [3.8, 4) is 0 Å². The summed E-state index contributed by atoms with van der Waals surface area (Å²) in [5.41, 5.74) is 5.81. The molecule has 0 aliphatic rings. The molecule has 5 heteroatoms. The molecule has 0 fully saturated rings. The summed E-state index contributed by atoms with van der Waals surface area (Å²) in [4.78, 5) is 11.3. The van der Waals surface area contributed by atoms with Gasteiger partial charge < -0.3 is 14.9 Å². The number of hydrogen-bond acceptors (Lipinski definition) is 4. The van der Waals surface area contributed by atoms with E-state index in [0.29, 0.717) is 5.39 Å². The van der Waals surface area contributed by atoms with E-state index in [1.165, 1.54) is 19.4 Å². The van der Waals surface area contributed by atoms with Crippen LogP contribution in [-0.4, -0.2) is 13.1 Å². The SMILES string of the molecule is COC(=O)c1c(F)cc(N)c2occc12. The number of fused-ring (bicyclic) bond motifs is 1. The van der Waals surface area contributed by atoms with Crippen molar-refractivity contribution in [1.82, 2.24) is 0 Å². The normalized spacial score (nSPS) is 10.5. The number of carbonyl (C=O) groups excluding carboxylic acids is 1. The maximum atomic E-state index is 13.5. The quantitative estimate of drug-likeness (QED) is 0.575. The van der Waals surface area contributed by atoms with Crippen LogP contribution in [0.2, 0.25) is 0 Å². The van der Waals surface area contributed by atoms with Crippen LogP contribution < -0.4 is 5.73 Å². The zero-order chi connectivity index (χ0) is 11.0. The van der Waals surface area contributed by atoms with Gasteiger partial charge in [0.15, 0.2) is 5.58 Å². The molecule has 1 heterocycles. The molecule has 0 amide bonds. The zero-order valence-electron chi connectivity index (χ0n) is 7.91. The fourth-order valence-corrected chi connectivity index (χ4v) is 1.44. The van der Waals surface area contributed by atoms with Gasteiger partial charge in [-0.05, 0) is 6.07 Å². The van der Waals surface area contributed by atoms with Crippen LogP contribution in [0.5, 0.6) is 0 Å². The first kappa shape index (κ1) is 9.51. The van der Waals surface area contributed by atoms with Gasteiger partial charge in [-0.25, -0.2) is 9.18 Å². The molecule has 78 valence electrons. The molecule has 1 aromatic heterocycles. The van der Waals surface area contributed by atoms with E-state index in [9.17, 15) is 9.18 Å². The Morgan fingerprint density at radius 2 is 2.33 bits per heavy atom. The molecule has 2 N–H and O–H groups in total. The number of methoxy groups -OCH3 is 1. The summed E-state index contributed by atoms with van der Waals surface area (Å²) in [6, 6.07) is 2.51. The Morgan fingerprint density at radius 3 is 3.00 bits per heavy atom. The number of carbonyl (C=O) groups is 1. The second-order valence-corrected chi connectivity index (χ2v) is 2.98. The Bertz CT molecular complexity index is 533. The summed E-state index contributed by atoms with van der Waals surface area (Å²) >= 11 is 0. The number of nitrogens with two attached hydrogens (primary N) is 1. The second-order valence-electron chi connectivity index (χ2n) is 2.98. The number of anilines is 1. The smallest absolute Gasteiger partial charge is 0.341 e. The number of hydrogen-bond donors (Lipinski definition) is 1. The Labute approximate surface area is 84.4 Å². The van der Waals surface area contributed by atoms with E-state index in [2.05, 4.69) is 4.74 Å². The minimum absolute atomic E-state index is 0.153. The lowest BCUT2D eigenvalue weighted by Crippen LogP contribution is -2.05. The Morgan fingerprint density at radius 1 is 1.60 bits per heavy atom. The molecule has 0 saturated carbocycles. The Balaban J connectivity index is 2.82. The lowest BCUT2D eigenvalue weighted by atomic mass is 10.1. The molecule has 0 aliphatic carbocycles. The van der Waals surface area contributed by atoms with Gasteiger partial charge in [0.2, 0.25) is 0 Å². The van der Waals surface area contributed by atoms with Crippen molar-refractivity contribution in [2.45, 2.75) is 0 Å². The molecular weight excluding hydrogens is 201 g/mol. The third-order valence-electron chi connectivity index (χ3n) is 2.11. The molecule has 2 aromatic rings. The number of rotatable bonds is 1. The Kier molecular flexibility index (Phi) is 2.07. The van der Waals surface area contributed by atoms with Crippen LogP contribution in [0.25, 0.3) is 11.0 Å². The van der Waals surface area contributed by atoms with Crippen LogP contribution >= 0.6 is 0 Å². The van der Waals surface area contributed by atoms with Crippen LogP contribution in [0.3, 0.4) is 0 Å². The average molecular weight is 209 g/mol. The fraction of sp³-hybridized carbons (Fsp3) is 0.100. The predicted molar refractivity (Wildman–Crippen MR) is 51.9 cm³/mol. The van der Waals surface area contributed by atoms with Gasteiger partial charge in [0.25, 0.3) is 0 Å². The molecule has 0 saturated heterocycles. The van der Waals surface area contributed by atoms with E-state index in [4.69, 9.17) is 10.2 Å². The lowest BCUT2D eigenvalue weighted by Gasteiger charge is -2.03. The molecule has 2 rings (SSSR count). The summed E-state index contributed by atoms with van der Waals surface area (Å²) in [5.74, 6) is -1.47. The summed E-state index contributed by atoms with van der Waals surface area (Å²) < 4.78 is 23.0. The summed E-state index contributed by atoms with van der Waals surface area (Å²) in [6.07, 6.45) is 1.34. The topological polar surface area (TPSA) is 65.5 Å². The summed E-state index contributed by atoms with van der Waals surface area (Å²) in [5, 5.41) is 0.319. The van der Waals surface area contributed by atoms with Gasteiger partial charge in [-0.3, -0.25) is 0 Å². The number of benzene rings is 1. The van der Waals surface area contributed by atoms with E-state index >= 15 is 0 Å².